The van der Waals surface area contributed by atoms with Crippen LogP contribution in [0.1, 0.15) is 48.9 Å². The van der Waals surface area contributed by atoms with Crippen molar-refractivity contribution in [1.82, 2.24) is 15.2 Å². The fourth-order valence-corrected chi connectivity index (χ4v) is 4.33. The van der Waals surface area contributed by atoms with Crippen molar-refractivity contribution in [3.63, 3.8) is 0 Å². The second-order valence-electron chi connectivity index (χ2n) is 7.91. The molecular weight excluding hydrogens is 433 g/mol. The van der Waals surface area contributed by atoms with E-state index in [1.54, 1.807) is 19.1 Å². The van der Waals surface area contributed by atoms with Gasteiger partial charge in [0.15, 0.2) is 5.78 Å². The van der Waals surface area contributed by atoms with Crippen molar-refractivity contribution < 1.29 is 22.8 Å². The Bertz CT molecular complexity index is 1110. The Hall–Kier alpha value is -3.67. The van der Waals surface area contributed by atoms with Crippen LogP contribution in [-0.4, -0.2) is 40.3 Å². The maximum Gasteiger partial charge on any atom is 0.412 e. The van der Waals surface area contributed by atoms with Crippen LogP contribution in [0.3, 0.4) is 0 Å². The van der Waals surface area contributed by atoms with E-state index in [-0.39, 0.29) is 17.6 Å². The van der Waals surface area contributed by atoms with Crippen molar-refractivity contribution in [2.24, 2.45) is 0 Å². The molecule has 1 N–H and O–H groups in total. The highest BCUT2D eigenvalue weighted by Gasteiger charge is 2.65. The summed E-state index contributed by atoms with van der Waals surface area (Å²) in [5, 5.41) is 11.4. The van der Waals surface area contributed by atoms with Crippen molar-refractivity contribution >= 4 is 11.7 Å². The zero-order valence-corrected chi connectivity index (χ0v) is 18.3. The molecule has 1 amide bonds. The Morgan fingerprint density at radius 2 is 1.85 bits per heavy atom. The predicted molar refractivity (Wildman–Crippen MR) is 115 cm³/mol. The van der Waals surface area contributed by atoms with Gasteiger partial charge in [-0.25, -0.2) is 0 Å². The molecule has 0 radical (unpaired) electrons. The molecule has 0 fully saturated rings. The molecule has 2 heterocycles. The van der Waals surface area contributed by atoms with Crippen LogP contribution in [0.5, 0.6) is 0 Å². The van der Waals surface area contributed by atoms with Crippen LogP contribution in [0, 0.1) is 11.3 Å². The molecule has 2 aromatic rings. The van der Waals surface area contributed by atoms with Gasteiger partial charge in [-0.15, -0.1) is 0 Å². The molecule has 3 rings (SSSR count). The third-order valence-corrected chi connectivity index (χ3v) is 6.13. The predicted octanol–water partition coefficient (Wildman–Crippen LogP) is 4.02. The molecular formula is C24H23F3N4O2. The Kier molecular flexibility index (Phi) is 6.58. The number of Topliss-reactive ketones (excluding diaryl/α,β-unsaturated/α-hetero) is 1. The monoisotopic (exact) mass is 456 g/mol. The number of likely N-dealkylation sites (N-methyl/N-ethyl adjacent to an activating group) is 1. The van der Waals surface area contributed by atoms with Crippen LogP contribution in [0.2, 0.25) is 0 Å². The molecule has 0 saturated carbocycles. The van der Waals surface area contributed by atoms with Crippen LogP contribution in [0.25, 0.3) is 0 Å². The van der Waals surface area contributed by atoms with Gasteiger partial charge in [-0.2, -0.15) is 18.4 Å². The van der Waals surface area contributed by atoms with Crippen LogP contribution >= 0.6 is 0 Å². The van der Waals surface area contributed by atoms with Gasteiger partial charge in [0.2, 0.25) is 0 Å². The van der Waals surface area contributed by atoms with Gasteiger partial charge in [-0.05, 0) is 48.7 Å². The molecule has 0 aliphatic carbocycles. The number of carbonyl (C=O) groups excluding carboxylic acids is 2. The van der Waals surface area contributed by atoms with Gasteiger partial charge in [-0.3, -0.25) is 14.6 Å². The summed E-state index contributed by atoms with van der Waals surface area (Å²) in [4.78, 5) is 30.8. The van der Waals surface area contributed by atoms with E-state index in [2.05, 4.69) is 10.3 Å². The SMILES string of the molecule is CCC(c1ccc(C#N)cc1)N1C=C(C(=O)NC)C(=O)C(c2ccncc2)C1(C)C(F)(F)F. The van der Waals surface area contributed by atoms with E-state index in [1.165, 1.54) is 43.7 Å². The molecule has 0 spiro atoms. The van der Waals surface area contributed by atoms with Crippen molar-refractivity contribution in [3.8, 4) is 6.07 Å². The summed E-state index contributed by atoms with van der Waals surface area (Å²) in [7, 11) is 1.32. The lowest BCUT2D eigenvalue weighted by molar-refractivity contribution is -0.234. The summed E-state index contributed by atoms with van der Waals surface area (Å²) < 4.78 is 44.5. The van der Waals surface area contributed by atoms with Gasteiger partial charge in [0, 0.05) is 25.6 Å². The minimum Gasteiger partial charge on any atom is -0.355 e. The number of pyridine rings is 1. The van der Waals surface area contributed by atoms with Crippen LogP contribution in [0.4, 0.5) is 13.2 Å². The smallest absolute Gasteiger partial charge is 0.355 e. The van der Waals surface area contributed by atoms with Crippen molar-refractivity contribution in [2.75, 3.05) is 7.05 Å². The molecule has 1 aromatic carbocycles. The highest BCUT2D eigenvalue weighted by atomic mass is 19.4. The molecule has 33 heavy (non-hydrogen) atoms. The third kappa shape index (κ3) is 4.09. The van der Waals surface area contributed by atoms with Gasteiger partial charge in [0.1, 0.15) is 5.54 Å². The van der Waals surface area contributed by atoms with Crippen LogP contribution < -0.4 is 5.32 Å². The normalized spacial score (nSPS) is 21.7. The Morgan fingerprint density at radius 3 is 2.33 bits per heavy atom. The number of nitrogens with zero attached hydrogens (tertiary/aromatic N) is 3. The highest BCUT2D eigenvalue weighted by Crippen LogP contribution is 2.52. The zero-order chi connectivity index (χ0) is 24.4. The molecule has 1 aliphatic heterocycles. The largest absolute Gasteiger partial charge is 0.412 e. The minimum atomic E-state index is -4.83. The first-order valence-electron chi connectivity index (χ1n) is 10.3. The van der Waals surface area contributed by atoms with Crippen molar-refractivity contribution in [3.05, 3.63) is 77.3 Å². The molecule has 9 heteroatoms. The number of rotatable bonds is 5. The Balaban J connectivity index is 2.31. The van der Waals surface area contributed by atoms with Gasteiger partial charge in [0.05, 0.1) is 29.2 Å². The minimum absolute atomic E-state index is 0.115. The topological polar surface area (TPSA) is 86.1 Å². The standard InChI is InChI=1S/C24H23F3N4O2/c1-4-19(16-7-5-15(13-28)6-8-16)31-14-18(22(33)29-3)21(32)20(17-9-11-30-12-10-17)23(31,2)24(25,26)27/h5-12,14,19-20H,4H2,1-3H3,(H,29,33). The maximum absolute atomic E-state index is 14.8. The first-order chi connectivity index (χ1) is 15.6. The molecule has 6 nitrogen and oxygen atoms in total. The molecule has 172 valence electrons. The van der Waals surface area contributed by atoms with Crippen LogP contribution in [0.15, 0.2) is 60.6 Å². The summed E-state index contributed by atoms with van der Waals surface area (Å²) >= 11 is 0. The van der Waals surface area contributed by atoms with Crippen molar-refractivity contribution in [1.29, 1.82) is 5.26 Å². The fourth-order valence-electron chi connectivity index (χ4n) is 4.33. The average Bonchev–Trinajstić information content (AvgIpc) is 2.81. The second-order valence-corrected chi connectivity index (χ2v) is 7.91. The summed E-state index contributed by atoms with van der Waals surface area (Å²) in [5.74, 6) is -3.36. The van der Waals surface area contributed by atoms with E-state index in [0.29, 0.717) is 11.1 Å². The fraction of sp³-hybridized carbons (Fsp3) is 0.333. The van der Waals surface area contributed by atoms with E-state index in [9.17, 15) is 22.8 Å². The van der Waals surface area contributed by atoms with Crippen molar-refractivity contribution in [2.45, 2.75) is 43.9 Å². The Labute approximate surface area is 189 Å². The number of hydrogen-bond acceptors (Lipinski definition) is 5. The van der Waals surface area contributed by atoms with E-state index in [1.807, 2.05) is 6.07 Å². The number of amides is 1. The Morgan fingerprint density at radius 1 is 1.24 bits per heavy atom. The van der Waals surface area contributed by atoms with Gasteiger partial charge < -0.3 is 10.2 Å². The number of carbonyl (C=O) groups is 2. The van der Waals surface area contributed by atoms with E-state index in [4.69, 9.17) is 5.26 Å². The van der Waals surface area contributed by atoms with E-state index in [0.717, 1.165) is 18.0 Å². The van der Waals surface area contributed by atoms with Crippen LogP contribution in [-0.2, 0) is 9.59 Å². The van der Waals surface area contributed by atoms with E-state index >= 15 is 0 Å². The first-order valence-corrected chi connectivity index (χ1v) is 10.3. The first kappa shape index (κ1) is 24.0. The summed E-state index contributed by atoms with van der Waals surface area (Å²) in [5.41, 5.74) is -1.99. The number of halogens is 3. The van der Waals surface area contributed by atoms with Gasteiger partial charge in [0.25, 0.3) is 5.91 Å². The number of nitrogens with one attached hydrogen (secondary N) is 1. The number of hydrogen-bond donors (Lipinski definition) is 1. The summed E-state index contributed by atoms with van der Waals surface area (Å²) in [6.07, 6.45) is -0.911. The highest BCUT2D eigenvalue weighted by molar-refractivity contribution is 6.22. The molecule has 0 bridgehead atoms. The molecule has 1 aromatic heterocycles. The lowest BCUT2D eigenvalue weighted by atomic mass is 9.71. The number of benzene rings is 1. The molecule has 3 atom stereocenters. The lowest BCUT2D eigenvalue weighted by Crippen LogP contribution is -2.63. The number of aromatic nitrogens is 1. The quantitative estimate of drug-likeness (QED) is 0.687. The van der Waals surface area contributed by atoms with Gasteiger partial charge in [-0.1, -0.05) is 19.1 Å². The summed E-state index contributed by atoms with van der Waals surface area (Å²) in [6.45, 7) is 2.71. The molecule has 3 unspecified atom stereocenters. The van der Waals surface area contributed by atoms with E-state index < -0.39 is 35.4 Å². The molecule has 0 saturated heterocycles. The average molecular weight is 456 g/mol. The summed E-state index contributed by atoms with van der Waals surface area (Å²) in [6, 6.07) is 10.1. The molecule has 1 aliphatic rings. The third-order valence-electron chi connectivity index (χ3n) is 6.13. The second kappa shape index (κ2) is 9.06. The van der Waals surface area contributed by atoms with Gasteiger partial charge >= 0.3 is 6.18 Å². The number of nitriles is 1. The number of alkyl halides is 3. The number of ketones is 1. The zero-order valence-electron chi connectivity index (χ0n) is 18.3. The maximum atomic E-state index is 14.8. The lowest BCUT2D eigenvalue weighted by Gasteiger charge is -2.52.